The first-order valence-electron chi connectivity index (χ1n) is 8.76. The predicted octanol–water partition coefficient (Wildman–Crippen LogP) is 3.68. The van der Waals surface area contributed by atoms with Crippen LogP contribution in [-0.4, -0.2) is 25.7 Å². The van der Waals surface area contributed by atoms with Crippen LogP contribution in [0.4, 0.5) is 25.0 Å². The van der Waals surface area contributed by atoms with Gasteiger partial charge in [-0.25, -0.2) is 13.6 Å². The Hall–Kier alpha value is -3.14. The summed E-state index contributed by atoms with van der Waals surface area (Å²) in [5.74, 6) is -1.47. The Bertz CT molecular complexity index is 848. The van der Waals surface area contributed by atoms with E-state index in [1.807, 2.05) is 4.90 Å². The zero-order valence-corrected chi connectivity index (χ0v) is 14.7. The van der Waals surface area contributed by atoms with Gasteiger partial charge in [-0.1, -0.05) is 12.1 Å². The Balaban J connectivity index is 1.45. The predicted molar refractivity (Wildman–Crippen MR) is 99.5 cm³/mol. The third kappa shape index (κ3) is 4.94. The summed E-state index contributed by atoms with van der Waals surface area (Å²) < 4.78 is 26.4. The van der Waals surface area contributed by atoms with E-state index in [1.54, 1.807) is 30.3 Å². The summed E-state index contributed by atoms with van der Waals surface area (Å²) >= 11 is 0. The molecule has 27 heavy (non-hydrogen) atoms. The summed E-state index contributed by atoms with van der Waals surface area (Å²) in [7, 11) is 0. The zero-order chi connectivity index (χ0) is 19.2. The quantitative estimate of drug-likeness (QED) is 0.844. The van der Waals surface area contributed by atoms with Gasteiger partial charge in [0.25, 0.3) is 0 Å². The van der Waals surface area contributed by atoms with Crippen molar-refractivity contribution in [3.63, 3.8) is 0 Å². The number of halogens is 2. The van der Waals surface area contributed by atoms with Crippen molar-refractivity contribution in [2.24, 2.45) is 5.92 Å². The molecule has 2 aromatic rings. The highest BCUT2D eigenvalue weighted by atomic mass is 19.2. The van der Waals surface area contributed by atoms with Crippen molar-refractivity contribution < 1.29 is 13.6 Å². The number of carbonyl (C=O) groups excluding carboxylic acids is 1. The molecule has 3 rings (SSSR count). The van der Waals surface area contributed by atoms with Gasteiger partial charge in [-0.3, -0.25) is 0 Å². The van der Waals surface area contributed by atoms with Crippen molar-refractivity contribution in [1.82, 2.24) is 5.32 Å². The molecule has 1 aliphatic heterocycles. The SMILES string of the molecule is N#CCc1ccc(NC(=O)NC[C@H]2CCN(c3ccc(F)c(F)c3)C2)cc1. The molecule has 0 aliphatic carbocycles. The lowest BCUT2D eigenvalue weighted by molar-refractivity contribution is 0.250. The van der Waals surface area contributed by atoms with Gasteiger partial charge in [-0.05, 0) is 42.2 Å². The molecule has 1 fully saturated rings. The van der Waals surface area contributed by atoms with Crippen LogP contribution in [0.15, 0.2) is 42.5 Å². The fourth-order valence-electron chi connectivity index (χ4n) is 3.13. The Morgan fingerprint density at radius 2 is 1.96 bits per heavy atom. The lowest BCUT2D eigenvalue weighted by atomic mass is 10.1. The Kier molecular flexibility index (Phi) is 5.87. The number of nitrogens with one attached hydrogen (secondary N) is 2. The molecule has 7 heteroatoms. The second-order valence-electron chi connectivity index (χ2n) is 6.57. The van der Waals surface area contributed by atoms with Crippen LogP contribution < -0.4 is 15.5 Å². The minimum Gasteiger partial charge on any atom is -0.371 e. The zero-order valence-electron chi connectivity index (χ0n) is 14.7. The average molecular weight is 370 g/mol. The number of hydrogen-bond acceptors (Lipinski definition) is 3. The summed E-state index contributed by atoms with van der Waals surface area (Å²) in [6.07, 6.45) is 1.20. The van der Waals surface area contributed by atoms with Crippen molar-refractivity contribution in [3.8, 4) is 6.07 Å². The van der Waals surface area contributed by atoms with E-state index in [0.29, 0.717) is 30.9 Å². The van der Waals surface area contributed by atoms with Crippen LogP contribution in [0.2, 0.25) is 0 Å². The lowest BCUT2D eigenvalue weighted by Crippen LogP contribution is -2.34. The van der Waals surface area contributed by atoms with Crippen LogP contribution >= 0.6 is 0 Å². The minimum atomic E-state index is -0.853. The average Bonchev–Trinajstić information content (AvgIpc) is 3.13. The first-order chi connectivity index (χ1) is 13.0. The maximum Gasteiger partial charge on any atom is 0.319 e. The molecule has 140 valence electrons. The van der Waals surface area contributed by atoms with Gasteiger partial charge in [0.1, 0.15) is 0 Å². The van der Waals surface area contributed by atoms with E-state index in [1.165, 1.54) is 6.07 Å². The van der Waals surface area contributed by atoms with Gasteiger partial charge in [-0.15, -0.1) is 0 Å². The summed E-state index contributed by atoms with van der Waals surface area (Å²) in [6.45, 7) is 1.91. The highest BCUT2D eigenvalue weighted by Gasteiger charge is 2.23. The Morgan fingerprint density at radius 1 is 1.19 bits per heavy atom. The molecule has 1 saturated heterocycles. The van der Waals surface area contributed by atoms with Crippen molar-refractivity contribution in [2.45, 2.75) is 12.8 Å². The van der Waals surface area contributed by atoms with Gasteiger partial charge in [-0.2, -0.15) is 5.26 Å². The summed E-state index contributed by atoms with van der Waals surface area (Å²) in [6, 6.07) is 12.8. The van der Waals surface area contributed by atoms with Crippen LogP contribution in [0.1, 0.15) is 12.0 Å². The third-order valence-electron chi connectivity index (χ3n) is 4.60. The van der Waals surface area contributed by atoms with Gasteiger partial charge in [0.15, 0.2) is 11.6 Å². The summed E-state index contributed by atoms with van der Waals surface area (Å²) in [5.41, 5.74) is 2.20. The number of nitrogens with zero attached hydrogens (tertiary/aromatic N) is 2. The van der Waals surface area contributed by atoms with Crippen molar-refractivity contribution in [2.75, 3.05) is 29.9 Å². The second kappa shape index (κ2) is 8.49. The molecule has 2 aromatic carbocycles. The standard InChI is InChI=1S/C20H20F2N4O/c21-18-6-5-17(11-19(18)22)26-10-8-15(13-26)12-24-20(27)25-16-3-1-14(2-4-16)7-9-23/h1-6,11,15H,7-8,10,12-13H2,(H2,24,25,27)/t15-/m1/s1. The topological polar surface area (TPSA) is 68.2 Å². The van der Waals surface area contributed by atoms with Gasteiger partial charge in [0.05, 0.1) is 12.5 Å². The minimum absolute atomic E-state index is 0.238. The van der Waals surface area contributed by atoms with E-state index in [4.69, 9.17) is 5.26 Å². The van der Waals surface area contributed by atoms with Crippen molar-refractivity contribution in [3.05, 3.63) is 59.7 Å². The molecular formula is C20H20F2N4O. The smallest absolute Gasteiger partial charge is 0.319 e. The highest BCUT2D eigenvalue weighted by Crippen LogP contribution is 2.25. The van der Waals surface area contributed by atoms with Gasteiger partial charge in [0.2, 0.25) is 0 Å². The number of hydrogen-bond donors (Lipinski definition) is 2. The fraction of sp³-hybridized carbons (Fsp3) is 0.300. The van der Waals surface area contributed by atoms with Gasteiger partial charge < -0.3 is 15.5 Å². The maximum atomic E-state index is 13.4. The first kappa shape index (κ1) is 18.6. The van der Waals surface area contributed by atoms with E-state index >= 15 is 0 Å². The molecule has 0 aromatic heterocycles. The van der Waals surface area contributed by atoms with E-state index in [-0.39, 0.29) is 11.9 Å². The normalized spacial score (nSPS) is 16.0. The van der Waals surface area contributed by atoms with Crippen LogP contribution in [0, 0.1) is 28.9 Å². The molecule has 5 nitrogen and oxygen atoms in total. The molecule has 1 aliphatic rings. The summed E-state index contributed by atoms with van der Waals surface area (Å²) in [4.78, 5) is 14.0. The van der Waals surface area contributed by atoms with Crippen molar-refractivity contribution >= 4 is 17.4 Å². The summed E-state index contributed by atoms with van der Waals surface area (Å²) in [5, 5.41) is 14.3. The van der Waals surface area contributed by atoms with Crippen LogP contribution in [0.5, 0.6) is 0 Å². The number of carbonyl (C=O) groups is 1. The molecule has 0 saturated carbocycles. The number of anilines is 2. The van der Waals surface area contributed by atoms with E-state index in [2.05, 4.69) is 16.7 Å². The molecule has 2 amide bonds. The Morgan fingerprint density at radius 3 is 2.67 bits per heavy atom. The van der Waals surface area contributed by atoms with Crippen LogP contribution in [-0.2, 0) is 6.42 Å². The number of nitriles is 1. The second-order valence-corrected chi connectivity index (χ2v) is 6.57. The highest BCUT2D eigenvalue weighted by molar-refractivity contribution is 5.89. The number of benzene rings is 2. The largest absolute Gasteiger partial charge is 0.371 e. The molecule has 1 heterocycles. The number of urea groups is 1. The third-order valence-corrected chi connectivity index (χ3v) is 4.60. The molecule has 0 bridgehead atoms. The lowest BCUT2D eigenvalue weighted by Gasteiger charge is -2.19. The van der Waals surface area contributed by atoms with Gasteiger partial charge >= 0.3 is 6.03 Å². The van der Waals surface area contributed by atoms with E-state index < -0.39 is 11.6 Å². The van der Waals surface area contributed by atoms with E-state index in [0.717, 1.165) is 24.6 Å². The molecule has 0 radical (unpaired) electrons. The van der Waals surface area contributed by atoms with E-state index in [9.17, 15) is 13.6 Å². The number of amides is 2. The van der Waals surface area contributed by atoms with Crippen LogP contribution in [0.3, 0.4) is 0 Å². The molecule has 0 spiro atoms. The van der Waals surface area contributed by atoms with Gasteiger partial charge in [0, 0.05) is 37.1 Å². The molecular weight excluding hydrogens is 350 g/mol. The molecule has 0 unspecified atom stereocenters. The Labute approximate surface area is 156 Å². The molecule has 1 atom stereocenters. The first-order valence-corrected chi connectivity index (χ1v) is 8.76. The van der Waals surface area contributed by atoms with Crippen molar-refractivity contribution in [1.29, 1.82) is 5.26 Å². The molecule has 2 N–H and O–H groups in total. The maximum absolute atomic E-state index is 13.4. The fourth-order valence-corrected chi connectivity index (χ4v) is 3.13. The van der Waals surface area contributed by atoms with Crippen LogP contribution in [0.25, 0.3) is 0 Å². The number of rotatable bonds is 5. The monoisotopic (exact) mass is 370 g/mol.